The SMILES string of the molecule is O=C(/C=C/c1cccnc1)NCCCCN1CCN(C(c2ccccc2)c2ccc(C(=O)O)cc2)CC1. The molecule has 0 radical (unpaired) electrons. The number of carbonyl (C=O) groups is 2. The number of nitrogens with zero attached hydrogens (tertiary/aromatic N) is 3. The lowest BCUT2D eigenvalue weighted by atomic mass is 9.95. The van der Waals surface area contributed by atoms with Gasteiger partial charge in [0, 0.05) is 51.2 Å². The number of nitrogens with one attached hydrogen (secondary N) is 1. The third-order valence-electron chi connectivity index (χ3n) is 6.67. The Morgan fingerprint density at radius 3 is 2.32 bits per heavy atom. The van der Waals surface area contributed by atoms with Gasteiger partial charge in [-0.3, -0.25) is 14.7 Å². The van der Waals surface area contributed by atoms with Crippen LogP contribution in [0.1, 0.15) is 45.9 Å². The highest BCUT2D eigenvalue weighted by Crippen LogP contribution is 2.30. The lowest BCUT2D eigenvalue weighted by Gasteiger charge is -2.40. The van der Waals surface area contributed by atoms with Crippen LogP contribution in [0, 0.1) is 0 Å². The van der Waals surface area contributed by atoms with Gasteiger partial charge in [-0.15, -0.1) is 0 Å². The molecule has 0 bridgehead atoms. The summed E-state index contributed by atoms with van der Waals surface area (Å²) in [7, 11) is 0. The molecule has 1 fully saturated rings. The fraction of sp³-hybridized carbons (Fsp3) is 0.300. The third-order valence-corrected chi connectivity index (χ3v) is 6.67. The minimum absolute atomic E-state index is 0.0826. The third kappa shape index (κ3) is 7.84. The number of carboxylic acids is 1. The minimum atomic E-state index is -0.905. The maximum absolute atomic E-state index is 12.0. The lowest BCUT2D eigenvalue weighted by Crippen LogP contribution is -2.48. The molecule has 1 atom stereocenters. The van der Waals surface area contributed by atoms with Crippen molar-refractivity contribution in [2.75, 3.05) is 39.3 Å². The van der Waals surface area contributed by atoms with E-state index in [1.54, 1.807) is 36.7 Å². The predicted molar refractivity (Wildman–Crippen MR) is 145 cm³/mol. The zero-order valence-corrected chi connectivity index (χ0v) is 21.0. The Labute approximate surface area is 218 Å². The van der Waals surface area contributed by atoms with Gasteiger partial charge in [0.1, 0.15) is 0 Å². The summed E-state index contributed by atoms with van der Waals surface area (Å²) in [5.74, 6) is -0.988. The minimum Gasteiger partial charge on any atom is -0.478 e. The number of hydrogen-bond acceptors (Lipinski definition) is 5. The Kier molecular flexibility index (Phi) is 9.57. The zero-order valence-electron chi connectivity index (χ0n) is 21.0. The molecule has 1 aliphatic heterocycles. The first-order valence-corrected chi connectivity index (χ1v) is 12.8. The van der Waals surface area contributed by atoms with Crippen LogP contribution in [0.2, 0.25) is 0 Å². The number of aromatic nitrogens is 1. The van der Waals surface area contributed by atoms with Crippen molar-refractivity contribution in [3.63, 3.8) is 0 Å². The van der Waals surface area contributed by atoms with Crippen molar-refractivity contribution in [3.05, 3.63) is 107 Å². The molecule has 2 heterocycles. The largest absolute Gasteiger partial charge is 0.478 e. The average Bonchev–Trinajstić information content (AvgIpc) is 2.94. The smallest absolute Gasteiger partial charge is 0.335 e. The monoisotopic (exact) mass is 498 g/mol. The summed E-state index contributed by atoms with van der Waals surface area (Å²) in [5.41, 5.74) is 3.54. The van der Waals surface area contributed by atoms with Gasteiger partial charge < -0.3 is 15.3 Å². The maximum atomic E-state index is 12.0. The standard InChI is InChI=1S/C30H34N4O3/c35-28(15-10-24-7-6-16-31-23-24)32-17-4-5-18-33-19-21-34(22-20-33)29(25-8-2-1-3-9-25)26-11-13-27(14-12-26)30(36)37/h1-3,6-16,23,29H,4-5,17-22H2,(H,32,35)(H,36,37)/b15-10+. The Balaban J connectivity index is 1.22. The summed E-state index contributed by atoms with van der Waals surface area (Å²) >= 11 is 0. The van der Waals surface area contributed by atoms with Gasteiger partial charge in [0.2, 0.25) is 5.91 Å². The van der Waals surface area contributed by atoms with Gasteiger partial charge in [-0.25, -0.2) is 4.79 Å². The number of unbranched alkanes of at least 4 members (excludes halogenated alkanes) is 1. The molecule has 4 rings (SSSR count). The van der Waals surface area contributed by atoms with Crippen molar-refractivity contribution in [3.8, 4) is 0 Å². The average molecular weight is 499 g/mol. The van der Waals surface area contributed by atoms with Crippen molar-refractivity contribution in [1.82, 2.24) is 20.1 Å². The van der Waals surface area contributed by atoms with Crippen LogP contribution in [0.4, 0.5) is 0 Å². The van der Waals surface area contributed by atoms with Gasteiger partial charge in [0.05, 0.1) is 11.6 Å². The van der Waals surface area contributed by atoms with Crippen molar-refractivity contribution in [2.24, 2.45) is 0 Å². The molecular weight excluding hydrogens is 464 g/mol. The molecule has 0 aliphatic carbocycles. The van der Waals surface area contributed by atoms with Crippen molar-refractivity contribution >= 4 is 18.0 Å². The molecule has 0 saturated carbocycles. The summed E-state index contributed by atoms with van der Waals surface area (Å²) in [5, 5.41) is 12.2. The summed E-state index contributed by atoms with van der Waals surface area (Å²) in [4.78, 5) is 32.3. The normalized spacial score (nSPS) is 15.5. The van der Waals surface area contributed by atoms with Crippen LogP contribution in [0.5, 0.6) is 0 Å². The van der Waals surface area contributed by atoms with Crippen molar-refractivity contribution in [2.45, 2.75) is 18.9 Å². The van der Waals surface area contributed by atoms with E-state index in [1.807, 2.05) is 30.3 Å². The van der Waals surface area contributed by atoms with E-state index in [9.17, 15) is 14.7 Å². The van der Waals surface area contributed by atoms with E-state index >= 15 is 0 Å². The molecule has 3 aromatic rings. The van der Waals surface area contributed by atoms with Gasteiger partial charge in [0.25, 0.3) is 0 Å². The molecule has 1 aliphatic rings. The second kappa shape index (κ2) is 13.5. The van der Waals surface area contributed by atoms with Gasteiger partial charge in [0.15, 0.2) is 0 Å². The first-order valence-electron chi connectivity index (χ1n) is 12.8. The highest BCUT2D eigenvalue weighted by molar-refractivity contribution is 5.91. The number of piperazine rings is 1. The fourth-order valence-electron chi connectivity index (χ4n) is 4.68. The topological polar surface area (TPSA) is 85.8 Å². The predicted octanol–water partition coefficient (Wildman–Crippen LogP) is 4.10. The summed E-state index contributed by atoms with van der Waals surface area (Å²) in [6.45, 7) is 5.52. The Morgan fingerprint density at radius 1 is 0.919 bits per heavy atom. The van der Waals surface area contributed by atoms with Crippen LogP contribution in [0.15, 0.2) is 85.2 Å². The first-order chi connectivity index (χ1) is 18.1. The van der Waals surface area contributed by atoms with Gasteiger partial charge in [-0.1, -0.05) is 48.5 Å². The van der Waals surface area contributed by atoms with Gasteiger partial charge >= 0.3 is 5.97 Å². The molecule has 1 amide bonds. The van der Waals surface area contributed by atoms with E-state index in [4.69, 9.17) is 0 Å². The second-order valence-electron chi connectivity index (χ2n) is 9.24. The molecule has 2 aromatic carbocycles. The van der Waals surface area contributed by atoms with E-state index < -0.39 is 5.97 Å². The molecule has 1 unspecified atom stereocenters. The Morgan fingerprint density at radius 2 is 1.65 bits per heavy atom. The van der Waals surface area contributed by atoms with Crippen molar-refractivity contribution < 1.29 is 14.7 Å². The van der Waals surface area contributed by atoms with E-state index in [-0.39, 0.29) is 11.9 Å². The molecule has 1 saturated heterocycles. The number of aromatic carboxylic acids is 1. The Hall–Kier alpha value is -3.81. The number of rotatable bonds is 11. The summed E-state index contributed by atoms with van der Waals surface area (Å²) in [6, 6.07) is 21.5. The zero-order chi connectivity index (χ0) is 25.9. The van der Waals surface area contributed by atoms with E-state index in [2.05, 4.69) is 44.4 Å². The van der Waals surface area contributed by atoms with Gasteiger partial charge in [-0.2, -0.15) is 0 Å². The van der Waals surface area contributed by atoms with Crippen LogP contribution < -0.4 is 5.32 Å². The number of carboxylic acid groups (broad SMARTS) is 1. The van der Waals surface area contributed by atoms with Crippen LogP contribution >= 0.6 is 0 Å². The van der Waals surface area contributed by atoms with Gasteiger partial charge in [-0.05, 0) is 60.4 Å². The molecule has 0 spiro atoms. The summed E-state index contributed by atoms with van der Waals surface area (Å²) < 4.78 is 0. The molecule has 192 valence electrons. The number of carbonyl (C=O) groups excluding carboxylic acids is 1. The van der Waals surface area contributed by atoms with Crippen LogP contribution in [0.25, 0.3) is 6.08 Å². The molecule has 2 N–H and O–H groups in total. The highest BCUT2D eigenvalue weighted by Gasteiger charge is 2.26. The van der Waals surface area contributed by atoms with E-state index in [0.717, 1.165) is 56.7 Å². The number of hydrogen-bond donors (Lipinski definition) is 2. The number of pyridine rings is 1. The quantitative estimate of drug-likeness (QED) is 0.306. The molecule has 37 heavy (non-hydrogen) atoms. The molecule has 1 aromatic heterocycles. The van der Waals surface area contributed by atoms with E-state index in [0.29, 0.717) is 12.1 Å². The molecule has 7 heteroatoms. The first kappa shape index (κ1) is 26.3. The lowest BCUT2D eigenvalue weighted by molar-refractivity contribution is -0.116. The fourth-order valence-corrected chi connectivity index (χ4v) is 4.68. The van der Waals surface area contributed by atoms with Crippen LogP contribution in [0.3, 0.4) is 0 Å². The number of amides is 1. The molecular formula is C30H34N4O3. The number of benzene rings is 2. The van der Waals surface area contributed by atoms with Crippen LogP contribution in [-0.2, 0) is 4.79 Å². The van der Waals surface area contributed by atoms with Crippen molar-refractivity contribution in [1.29, 1.82) is 0 Å². The maximum Gasteiger partial charge on any atom is 0.335 e. The highest BCUT2D eigenvalue weighted by atomic mass is 16.4. The molecule has 7 nitrogen and oxygen atoms in total. The second-order valence-corrected chi connectivity index (χ2v) is 9.24. The summed E-state index contributed by atoms with van der Waals surface area (Å²) in [6.07, 6.45) is 8.72. The van der Waals surface area contributed by atoms with Crippen LogP contribution in [-0.4, -0.2) is 71.0 Å². The van der Waals surface area contributed by atoms with E-state index in [1.165, 1.54) is 5.56 Å². The Bertz CT molecular complexity index is 1160.